The SMILES string of the molecule is COc1ccc(CCC(=O)NCCCc2cccc(C)c2)cc1OC. The molecule has 4 heteroatoms. The first-order chi connectivity index (χ1) is 12.1. The number of carbonyl (C=O) groups is 1. The van der Waals surface area contributed by atoms with E-state index in [0.717, 1.165) is 18.4 Å². The molecule has 134 valence electrons. The molecule has 1 amide bonds. The summed E-state index contributed by atoms with van der Waals surface area (Å²) in [5.74, 6) is 1.48. The number of hydrogen-bond acceptors (Lipinski definition) is 3. The first-order valence-corrected chi connectivity index (χ1v) is 8.65. The van der Waals surface area contributed by atoms with Crippen molar-refractivity contribution in [1.82, 2.24) is 5.32 Å². The normalized spacial score (nSPS) is 10.4. The molecule has 0 saturated carbocycles. The number of carbonyl (C=O) groups excluding carboxylic acids is 1. The van der Waals surface area contributed by atoms with Crippen molar-refractivity contribution in [2.75, 3.05) is 20.8 Å². The number of aryl methyl sites for hydroxylation is 3. The summed E-state index contributed by atoms with van der Waals surface area (Å²) in [5.41, 5.74) is 3.66. The average molecular weight is 341 g/mol. The molecule has 2 aromatic rings. The van der Waals surface area contributed by atoms with Crippen LogP contribution in [-0.4, -0.2) is 26.7 Å². The first-order valence-electron chi connectivity index (χ1n) is 8.65. The van der Waals surface area contributed by atoms with E-state index in [1.165, 1.54) is 11.1 Å². The molecule has 4 nitrogen and oxygen atoms in total. The van der Waals surface area contributed by atoms with Gasteiger partial charge in [0, 0.05) is 13.0 Å². The second-order valence-corrected chi connectivity index (χ2v) is 6.13. The van der Waals surface area contributed by atoms with Crippen molar-refractivity contribution in [2.24, 2.45) is 0 Å². The Morgan fingerprint density at radius 2 is 1.72 bits per heavy atom. The summed E-state index contributed by atoms with van der Waals surface area (Å²) in [7, 11) is 3.23. The van der Waals surface area contributed by atoms with E-state index < -0.39 is 0 Å². The van der Waals surface area contributed by atoms with Crippen molar-refractivity contribution >= 4 is 5.91 Å². The second kappa shape index (κ2) is 9.72. The van der Waals surface area contributed by atoms with E-state index in [0.29, 0.717) is 30.9 Å². The fourth-order valence-corrected chi connectivity index (χ4v) is 2.77. The molecule has 0 radical (unpaired) electrons. The highest BCUT2D eigenvalue weighted by Crippen LogP contribution is 2.27. The predicted octanol–water partition coefficient (Wildman–Crippen LogP) is 3.69. The molecule has 0 aliphatic rings. The van der Waals surface area contributed by atoms with Gasteiger partial charge in [-0.25, -0.2) is 0 Å². The number of methoxy groups -OCH3 is 2. The lowest BCUT2D eigenvalue weighted by Gasteiger charge is -2.10. The molecule has 0 aliphatic heterocycles. The number of rotatable bonds is 9. The smallest absolute Gasteiger partial charge is 0.220 e. The third-order valence-electron chi connectivity index (χ3n) is 4.14. The van der Waals surface area contributed by atoms with Crippen molar-refractivity contribution in [3.8, 4) is 11.5 Å². The summed E-state index contributed by atoms with van der Waals surface area (Å²) in [6.07, 6.45) is 3.09. The number of amides is 1. The maximum atomic E-state index is 12.0. The Kier molecular flexibility index (Phi) is 7.33. The van der Waals surface area contributed by atoms with Gasteiger partial charge in [0.05, 0.1) is 14.2 Å². The van der Waals surface area contributed by atoms with Crippen LogP contribution in [0.25, 0.3) is 0 Å². The van der Waals surface area contributed by atoms with Crippen LogP contribution >= 0.6 is 0 Å². The minimum atomic E-state index is 0.0824. The van der Waals surface area contributed by atoms with Crippen molar-refractivity contribution in [1.29, 1.82) is 0 Å². The van der Waals surface area contributed by atoms with Crippen LogP contribution in [-0.2, 0) is 17.6 Å². The summed E-state index contributed by atoms with van der Waals surface area (Å²) < 4.78 is 10.5. The van der Waals surface area contributed by atoms with E-state index in [1.807, 2.05) is 18.2 Å². The zero-order valence-electron chi connectivity index (χ0n) is 15.3. The fourth-order valence-electron chi connectivity index (χ4n) is 2.77. The fraction of sp³-hybridized carbons (Fsp3) is 0.381. The number of benzene rings is 2. The van der Waals surface area contributed by atoms with Crippen molar-refractivity contribution in [3.05, 3.63) is 59.2 Å². The first kappa shape index (κ1) is 18.8. The monoisotopic (exact) mass is 341 g/mol. The van der Waals surface area contributed by atoms with Gasteiger partial charge in [0.2, 0.25) is 5.91 Å². The highest BCUT2D eigenvalue weighted by Gasteiger charge is 2.07. The molecular formula is C21H27NO3. The lowest BCUT2D eigenvalue weighted by Crippen LogP contribution is -2.25. The largest absolute Gasteiger partial charge is 0.493 e. The summed E-state index contributed by atoms with van der Waals surface area (Å²) >= 11 is 0. The molecule has 0 bridgehead atoms. The zero-order valence-corrected chi connectivity index (χ0v) is 15.3. The number of ether oxygens (including phenoxy) is 2. The second-order valence-electron chi connectivity index (χ2n) is 6.13. The van der Waals surface area contributed by atoms with Gasteiger partial charge in [0.15, 0.2) is 11.5 Å². The van der Waals surface area contributed by atoms with Gasteiger partial charge >= 0.3 is 0 Å². The minimum Gasteiger partial charge on any atom is -0.493 e. The molecule has 0 spiro atoms. The standard InChI is InChI=1S/C21H27NO3/c1-16-6-4-7-17(14-16)8-5-13-22-21(23)12-10-18-9-11-19(24-2)20(15-18)25-3/h4,6-7,9,11,14-15H,5,8,10,12-13H2,1-3H3,(H,22,23). The molecule has 1 N–H and O–H groups in total. The zero-order chi connectivity index (χ0) is 18.1. The quantitative estimate of drug-likeness (QED) is 0.708. The molecular weight excluding hydrogens is 314 g/mol. The molecule has 25 heavy (non-hydrogen) atoms. The van der Waals surface area contributed by atoms with Gasteiger partial charge in [-0.3, -0.25) is 4.79 Å². The molecule has 0 aromatic heterocycles. The summed E-state index contributed by atoms with van der Waals surface area (Å²) in [6.45, 7) is 2.80. The molecule has 0 fully saturated rings. The van der Waals surface area contributed by atoms with E-state index in [1.54, 1.807) is 14.2 Å². The van der Waals surface area contributed by atoms with E-state index >= 15 is 0 Å². The number of hydrogen-bond donors (Lipinski definition) is 1. The van der Waals surface area contributed by atoms with Crippen LogP contribution in [0, 0.1) is 6.92 Å². The van der Waals surface area contributed by atoms with Crippen molar-refractivity contribution < 1.29 is 14.3 Å². The van der Waals surface area contributed by atoms with Crippen LogP contribution in [0.4, 0.5) is 0 Å². The summed E-state index contributed by atoms with van der Waals surface area (Å²) in [5, 5.41) is 2.99. The average Bonchev–Trinajstić information content (AvgIpc) is 2.63. The van der Waals surface area contributed by atoms with Crippen LogP contribution in [0.3, 0.4) is 0 Å². The van der Waals surface area contributed by atoms with Gasteiger partial charge in [0.1, 0.15) is 0 Å². The highest BCUT2D eigenvalue weighted by molar-refractivity contribution is 5.76. The molecule has 0 unspecified atom stereocenters. The van der Waals surface area contributed by atoms with E-state index in [4.69, 9.17) is 9.47 Å². The highest BCUT2D eigenvalue weighted by atomic mass is 16.5. The molecule has 0 atom stereocenters. The number of nitrogens with one attached hydrogen (secondary N) is 1. The molecule has 0 aliphatic carbocycles. The van der Waals surface area contributed by atoms with Crippen molar-refractivity contribution in [2.45, 2.75) is 32.6 Å². The molecule has 0 saturated heterocycles. The van der Waals surface area contributed by atoms with Gasteiger partial charge in [-0.15, -0.1) is 0 Å². The van der Waals surface area contributed by atoms with Gasteiger partial charge in [0.25, 0.3) is 0 Å². The Hall–Kier alpha value is -2.49. The van der Waals surface area contributed by atoms with Crippen LogP contribution in [0.2, 0.25) is 0 Å². The molecule has 2 aromatic carbocycles. The Morgan fingerprint density at radius 3 is 2.44 bits per heavy atom. The maximum absolute atomic E-state index is 12.0. The Morgan fingerprint density at radius 1 is 0.960 bits per heavy atom. The Bertz CT molecular complexity index is 697. The van der Waals surface area contributed by atoms with Crippen LogP contribution < -0.4 is 14.8 Å². The van der Waals surface area contributed by atoms with Gasteiger partial charge in [-0.2, -0.15) is 0 Å². The van der Waals surface area contributed by atoms with E-state index in [2.05, 4.69) is 36.5 Å². The lowest BCUT2D eigenvalue weighted by molar-refractivity contribution is -0.121. The maximum Gasteiger partial charge on any atom is 0.220 e. The summed E-state index contributed by atoms with van der Waals surface area (Å²) in [4.78, 5) is 12.0. The van der Waals surface area contributed by atoms with E-state index in [-0.39, 0.29) is 5.91 Å². The third kappa shape index (κ3) is 6.14. The van der Waals surface area contributed by atoms with Gasteiger partial charge in [-0.05, 0) is 49.4 Å². The predicted molar refractivity (Wildman–Crippen MR) is 100 cm³/mol. The Labute approximate surface area is 150 Å². The van der Waals surface area contributed by atoms with E-state index in [9.17, 15) is 4.79 Å². The summed E-state index contributed by atoms with van der Waals surface area (Å²) in [6, 6.07) is 14.3. The topological polar surface area (TPSA) is 47.6 Å². The van der Waals surface area contributed by atoms with Gasteiger partial charge < -0.3 is 14.8 Å². The third-order valence-corrected chi connectivity index (χ3v) is 4.14. The van der Waals surface area contributed by atoms with Crippen LogP contribution in [0.1, 0.15) is 29.5 Å². The molecule has 2 rings (SSSR count). The minimum absolute atomic E-state index is 0.0824. The molecule has 0 heterocycles. The van der Waals surface area contributed by atoms with Crippen LogP contribution in [0.15, 0.2) is 42.5 Å². The van der Waals surface area contributed by atoms with Crippen LogP contribution in [0.5, 0.6) is 11.5 Å². The van der Waals surface area contributed by atoms with Crippen molar-refractivity contribution in [3.63, 3.8) is 0 Å². The Balaban J connectivity index is 1.70. The van der Waals surface area contributed by atoms with Gasteiger partial charge in [-0.1, -0.05) is 35.9 Å². The lowest BCUT2D eigenvalue weighted by atomic mass is 10.1.